The Hall–Kier alpha value is -3.86. The van der Waals surface area contributed by atoms with Crippen LogP contribution in [0.5, 0.6) is 5.75 Å². The van der Waals surface area contributed by atoms with Crippen molar-refractivity contribution in [3.63, 3.8) is 0 Å². The molecule has 0 unspecified atom stereocenters. The number of aromatic nitrogens is 1. The Morgan fingerprint density at radius 2 is 1.68 bits per heavy atom. The highest BCUT2D eigenvalue weighted by Crippen LogP contribution is 2.30. The van der Waals surface area contributed by atoms with Gasteiger partial charge in [0.15, 0.2) is 0 Å². The smallest absolute Gasteiger partial charge is 0.298 e. The summed E-state index contributed by atoms with van der Waals surface area (Å²) in [6, 6.07) is 22.7. The van der Waals surface area contributed by atoms with Gasteiger partial charge in [-0.2, -0.15) is 0 Å². The van der Waals surface area contributed by atoms with Crippen LogP contribution < -0.4 is 10.1 Å². The van der Waals surface area contributed by atoms with E-state index in [-0.39, 0.29) is 0 Å². The average molecular weight is 412 g/mol. The zero-order valence-electron chi connectivity index (χ0n) is 17.6. The molecule has 31 heavy (non-hydrogen) atoms. The third-order valence-corrected chi connectivity index (χ3v) is 5.22. The summed E-state index contributed by atoms with van der Waals surface area (Å²) in [6.45, 7) is 4.52. The number of rotatable bonds is 7. The van der Waals surface area contributed by atoms with Gasteiger partial charge in [0.25, 0.3) is 11.7 Å². The molecule has 0 saturated heterocycles. The topological polar surface area (TPSA) is 59.8 Å². The van der Waals surface area contributed by atoms with Crippen molar-refractivity contribution < 1.29 is 14.3 Å². The third-order valence-electron chi connectivity index (χ3n) is 5.22. The van der Waals surface area contributed by atoms with Crippen molar-refractivity contribution in [2.45, 2.75) is 20.3 Å². The second-order valence-electron chi connectivity index (χ2n) is 7.15. The monoisotopic (exact) mass is 412 g/mol. The Balaban J connectivity index is 1.74. The Labute approximate surface area is 181 Å². The molecule has 5 heteroatoms. The lowest BCUT2D eigenvalue weighted by Gasteiger charge is -2.11. The first-order valence-electron chi connectivity index (χ1n) is 10.4. The van der Waals surface area contributed by atoms with Crippen LogP contribution in [0.1, 0.15) is 29.9 Å². The molecule has 0 saturated carbocycles. The Kier molecular flexibility index (Phi) is 5.85. The molecule has 4 rings (SSSR count). The van der Waals surface area contributed by atoms with Gasteiger partial charge in [-0.15, -0.1) is 0 Å². The zero-order chi connectivity index (χ0) is 21.8. The molecule has 0 fully saturated rings. The van der Waals surface area contributed by atoms with E-state index < -0.39 is 11.7 Å². The maximum atomic E-state index is 13.3. The molecule has 5 nitrogen and oxygen atoms in total. The molecule has 0 aliphatic rings. The van der Waals surface area contributed by atoms with Crippen LogP contribution in [-0.4, -0.2) is 22.7 Å². The maximum absolute atomic E-state index is 13.3. The van der Waals surface area contributed by atoms with Crippen molar-refractivity contribution in [3.05, 3.63) is 90.3 Å². The number of hydrogen-bond acceptors (Lipinski definition) is 3. The molecule has 0 aliphatic heterocycles. The molecule has 4 aromatic rings. The van der Waals surface area contributed by atoms with Gasteiger partial charge < -0.3 is 14.5 Å². The number of Topliss-reactive ketones (excluding diaryl/α,β-unsaturated/α-hetero) is 1. The molecular formula is C26H24N2O3. The second-order valence-corrected chi connectivity index (χ2v) is 7.15. The van der Waals surface area contributed by atoms with Gasteiger partial charge in [-0.05, 0) is 60.9 Å². The van der Waals surface area contributed by atoms with Gasteiger partial charge >= 0.3 is 0 Å². The highest BCUT2D eigenvalue weighted by Gasteiger charge is 2.25. The highest BCUT2D eigenvalue weighted by atomic mass is 16.5. The fourth-order valence-electron chi connectivity index (χ4n) is 3.71. The standard InChI is InChI=1S/C26H24N2O3/c1-3-18-9-5-6-11-23(18)27-26(30)25(29)24-22(17-20-10-7-8-16-28(20)24)19-12-14-21(15-13-19)31-4-2/h5-17H,3-4H2,1-2H3,(H,27,30). The van der Waals surface area contributed by atoms with E-state index in [1.165, 1.54) is 0 Å². The van der Waals surface area contributed by atoms with E-state index in [1.54, 1.807) is 10.6 Å². The number of ketones is 1. The fraction of sp³-hybridized carbons (Fsp3) is 0.154. The minimum absolute atomic E-state index is 0.339. The number of anilines is 1. The summed E-state index contributed by atoms with van der Waals surface area (Å²) in [4.78, 5) is 26.3. The van der Waals surface area contributed by atoms with Crippen molar-refractivity contribution in [1.82, 2.24) is 4.40 Å². The molecule has 156 valence electrons. The van der Waals surface area contributed by atoms with Crippen molar-refractivity contribution in [2.75, 3.05) is 11.9 Å². The largest absolute Gasteiger partial charge is 0.494 e. The van der Waals surface area contributed by atoms with Gasteiger partial charge in [0, 0.05) is 23.0 Å². The molecule has 2 heterocycles. The number of nitrogens with one attached hydrogen (secondary N) is 1. The number of ether oxygens (including phenoxy) is 1. The SMILES string of the molecule is CCOc1ccc(-c2cc3ccccn3c2C(=O)C(=O)Nc2ccccc2CC)cc1. The minimum atomic E-state index is -0.656. The summed E-state index contributed by atoms with van der Waals surface area (Å²) in [6.07, 6.45) is 2.56. The first-order valence-corrected chi connectivity index (χ1v) is 10.4. The number of aryl methyl sites for hydroxylation is 1. The van der Waals surface area contributed by atoms with Crippen LogP contribution >= 0.6 is 0 Å². The number of benzene rings is 2. The number of carbonyl (C=O) groups is 2. The number of pyridine rings is 1. The first-order chi connectivity index (χ1) is 15.1. The normalized spacial score (nSPS) is 10.8. The van der Waals surface area contributed by atoms with Crippen molar-refractivity contribution in [1.29, 1.82) is 0 Å². The lowest BCUT2D eigenvalue weighted by atomic mass is 10.0. The Bertz CT molecular complexity index is 1240. The van der Waals surface area contributed by atoms with Crippen molar-refractivity contribution in [2.24, 2.45) is 0 Å². The van der Waals surface area contributed by atoms with E-state index in [1.807, 2.05) is 86.6 Å². The summed E-state index contributed by atoms with van der Waals surface area (Å²) < 4.78 is 7.29. The summed E-state index contributed by atoms with van der Waals surface area (Å²) >= 11 is 0. The van der Waals surface area contributed by atoms with Crippen molar-refractivity contribution in [3.8, 4) is 16.9 Å². The lowest BCUT2D eigenvalue weighted by molar-refractivity contribution is -0.112. The number of fused-ring (bicyclic) bond motifs is 1. The lowest BCUT2D eigenvalue weighted by Crippen LogP contribution is -2.25. The minimum Gasteiger partial charge on any atom is -0.494 e. The second kappa shape index (κ2) is 8.88. The molecular weight excluding hydrogens is 388 g/mol. The van der Waals surface area contributed by atoms with Crippen LogP contribution in [0.2, 0.25) is 0 Å². The Morgan fingerprint density at radius 1 is 0.935 bits per heavy atom. The molecule has 0 aliphatic carbocycles. The summed E-state index contributed by atoms with van der Waals surface area (Å²) in [5, 5.41) is 2.80. The van der Waals surface area contributed by atoms with Crippen LogP contribution in [0, 0.1) is 0 Å². The highest BCUT2D eigenvalue weighted by molar-refractivity contribution is 6.47. The summed E-state index contributed by atoms with van der Waals surface area (Å²) in [7, 11) is 0. The predicted octanol–water partition coefficient (Wildman–Crippen LogP) is 5.39. The average Bonchev–Trinajstić information content (AvgIpc) is 3.19. The van der Waals surface area contributed by atoms with E-state index in [9.17, 15) is 9.59 Å². The molecule has 1 N–H and O–H groups in total. The first kappa shape index (κ1) is 20.4. The summed E-state index contributed by atoms with van der Waals surface area (Å²) in [5.74, 6) is -0.477. The number of carbonyl (C=O) groups excluding carboxylic acids is 2. The number of para-hydroxylation sites is 1. The van der Waals surface area contributed by atoms with Crippen LogP contribution in [0.25, 0.3) is 16.6 Å². The molecule has 0 atom stereocenters. The number of nitrogens with zero attached hydrogens (tertiary/aromatic N) is 1. The number of amides is 1. The van der Waals surface area contributed by atoms with Gasteiger partial charge in [0.2, 0.25) is 0 Å². The van der Waals surface area contributed by atoms with Gasteiger partial charge in [-0.3, -0.25) is 9.59 Å². The van der Waals surface area contributed by atoms with Gasteiger partial charge in [0.05, 0.1) is 6.61 Å². The van der Waals surface area contributed by atoms with E-state index in [4.69, 9.17) is 4.74 Å². The molecule has 0 radical (unpaired) electrons. The van der Waals surface area contributed by atoms with Gasteiger partial charge in [-0.1, -0.05) is 43.3 Å². The van der Waals surface area contributed by atoms with E-state index in [0.717, 1.165) is 28.8 Å². The quantitative estimate of drug-likeness (QED) is 0.327. The van der Waals surface area contributed by atoms with E-state index in [2.05, 4.69) is 5.32 Å². The molecule has 2 aromatic heterocycles. The molecule has 1 amide bonds. The van der Waals surface area contributed by atoms with Crippen LogP contribution in [-0.2, 0) is 11.2 Å². The summed E-state index contributed by atoms with van der Waals surface area (Å²) in [5.41, 5.74) is 4.38. The molecule has 0 spiro atoms. The molecule has 0 bridgehead atoms. The number of hydrogen-bond donors (Lipinski definition) is 1. The van der Waals surface area contributed by atoms with Crippen LogP contribution in [0.15, 0.2) is 79.0 Å². The van der Waals surface area contributed by atoms with Gasteiger partial charge in [-0.25, -0.2) is 0 Å². The zero-order valence-corrected chi connectivity index (χ0v) is 17.6. The van der Waals surface area contributed by atoms with Gasteiger partial charge in [0.1, 0.15) is 11.4 Å². The van der Waals surface area contributed by atoms with Crippen LogP contribution in [0.3, 0.4) is 0 Å². The van der Waals surface area contributed by atoms with Crippen molar-refractivity contribution >= 4 is 22.9 Å². The third kappa shape index (κ3) is 4.08. The van der Waals surface area contributed by atoms with Crippen LogP contribution in [0.4, 0.5) is 5.69 Å². The van der Waals surface area contributed by atoms with E-state index >= 15 is 0 Å². The molecule has 2 aromatic carbocycles. The maximum Gasteiger partial charge on any atom is 0.298 e. The predicted molar refractivity (Wildman–Crippen MR) is 123 cm³/mol. The Morgan fingerprint density at radius 3 is 2.42 bits per heavy atom. The fourth-order valence-corrected chi connectivity index (χ4v) is 3.71. The van der Waals surface area contributed by atoms with E-state index in [0.29, 0.717) is 23.6 Å².